The third kappa shape index (κ3) is 3.41. The Kier molecular flexibility index (Phi) is 5.66. The summed E-state index contributed by atoms with van der Waals surface area (Å²) in [7, 11) is 0. The van der Waals surface area contributed by atoms with Crippen molar-refractivity contribution in [3.63, 3.8) is 0 Å². The Labute approximate surface area is 162 Å². The average Bonchev–Trinajstić information content (AvgIpc) is 2.58. The van der Waals surface area contributed by atoms with Crippen LogP contribution < -0.4 is 31.7 Å². The molecule has 130 valence electrons. The van der Waals surface area contributed by atoms with Crippen molar-refractivity contribution in [1.29, 1.82) is 0 Å². The van der Waals surface area contributed by atoms with E-state index in [9.17, 15) is 10.2 Å². The molecule has 0 radical (unpaired) electrons. The predicted molar refractivity (Wildman–Crippen MR) is 101 cm³/mol. The molecule has 1 aliphatic rings. The number of rotatable bonds is 5. The third-order valence-electron chi connectivity index (χ3n) is 4.15. The molecule has 0 bridgehead atoms. The fourth-order valence-electron chi connectivity index (χ4n) is 2.88. The van der Waals surface area contributed by atoms with Gasteiger partial charge < -0.3 is 0 Å². The van der Waals surface area contributed by atoms with Crippen molar-refractivity contribution < 1.29 is 36.2 Å². The SMILES string of the molecule is C=ICC[I-]C1(c2ccc(O)cc2)COc2cc(O)ccc2C1N. The van der Waals surface area contributed by atoms with Crippen LogP contribution in [0.25, 0.3) is 0 Å². The average molecular weight is 552 g/mol. The summed E-state index contributed by atoms with van der Waals surface area (Å²) >= 11 is -0.228. The number of fused-ring (bicyclic) bond motifs is 1. The van der Waals surface area contributed by atoms with E-state index < -0.39 is 0 Å². The van der Waals surface area contributed by atoms with Crippen LogP contribution in [0.15, 0.2) is 42.5 Å². The first kappa shape index (κ1) is 17.9. The normalized spacial score (nSPS) is 22.8. The zero-order chi connectivity index (χ0) is 17.2. The van der Waals surface area contributed by atoms with E-state index in [2.05, 4.69) is 4.51 Å². The first-order chi connectivity index (χ1) is 11.6. The summed E-state index contributed by atoms with van der Waals surface area (Å²) in [4.78, 5) is 0. The number of nitrogens with two attached hydrogens (primary N) is 1. The quantitative estimate of drug-likeness (QED) is 0.275. The Bertz CT molecular complexity index is 736. The molecule has 2 aromatic rings. The van der Waals surface area contributed by atoms with Gasteiger partial charge in [-0.15, -0.1) is 0 Å². The molecular formula is C18H20I2NO3-. The van der Waals surface area contributed by atoms with Crippen molar-refractivity contribution in [3.05, 3.63) is 53.6 Å². The number of hydrogen-bond acceptors (Lipinski definition) is 4. The third-order valence-corrected chi connectivity index (χ3v) is 11.6. The first-order valence-electron chi connectivity index (χ1n) is 7.50. The van der Waals surface area contributed by atoms with E-state index in [1.54, 1.807) is 24.3 Å². The van der Waals surface area contributed by atoms with Crippen LogP contribution in [0.2, 0.25) is 0 Å². The molecule has 0 spiro atoms. The fourth-order valence-corrected chi connectivity index (χ4v) is 9.62. The molecule has 2 atom stereocenters. The number of alkyl halides is 3. The van der Waals surface area contributed by atoms with E-state index >= 15 is 0 Å². The van der Waals surface area contributed by atoms with Crippen LogP contribution in [0.5, 0.6) is 17.2 Å². The maximum absolute atomic E-state index is 9.68. The van der Waals surface area contributed by atoms with Gasteiger partial charge in [-0.1, -0.05) is 0 Å². The molecule has 1 heterocycles. The van der Waals surface area contributed by atoms with Gasteiger partial charge in [-0.2, -0.15) is 0 Å². The summed E-state index contributed by atoms with van der Waals surface area (Å²) in [5.74, 6) is 1.12. The van der Waals surface area contributed by atoms with Gasteiger partial charge in [-0.25, -0.2) is 0 Å². The Morgan fingerprint density at radius 3 is 2.62 bits per heavy atom. The number of halogens is 2. The van der Waals surface area contributed by atoms with Gasteiger partial charge in [0, 0.05) is 0 Å². The molecule has 1 aliphatic heterocycles. The van der Waals surface area contributed by atoms with E-state index in [-0.39, 0.29) is 62.9 Å². The summed E-state index contributed by atoms with van der Waals surface area (Å²) in [6, 6.07) is 12.3. The number of phenols is 2. The molecule has 3 rings (SSSR count). The standard InChI is InChI=1S/C18H20I2NO3/c1-19-8-9-20-18(12-2-4-13(22)5-3-12)11-24-16-10-14(23)6-7-15(16)17(18)21/h2-7,10,17,22-23H,1,8-9,11,21H2/q-1. The van der Waals surface area contributed by atoms with Crippen LogP contribution in [0.4, 0.5) is 0 Å². The van der Waals surface area contributed by atoms with Gasteiger partial charge in [0.1, 0.15) is 0 Å². The number of benzene rings is 2. The van der Waals surface area contributed by atoms with Crippen LogP contribution in [0, 0.1) is 0 Å². The molecule has 4 nitrogen and oxygen atoms in total. The minimum absolute atomic E-state index is 0.0308. The predicted octanol–water partition coefficient (Wildman–Crippen LogP) is -0.123. The van der Waals surface area contributed by atoms with Gasteiger partial charge in [0.05, 0.1) is 0 Å². The molecule has 4 N–H and O–H groups in total. The zero-order valence-electron chi connectivity index (χ0n) is 13.1. The molecule has 0 fully saturated rings. The molecule has 0 saturated heterocycles. The number of aromatic hydroxyl groups is 2. The van der Waals surface area contributed by atoms with Gasteiger partial charge in [0.25, 0.3) is 0 Å². The molecule has 24 heavy (non-hydrogen) atoms. The van der Waals surface area contributed by atoms with Crippen LogP contribution in [0.1, 0.15) is 17.2 Å². The van der Waals surface area contributed by atoms with E-state index in [1.165, 1.54) is 8.86 Å². The number of hydrogen-bond donors (Lipinski definition) is 3. The summed E-state index contributed by atoms with van der Waals surface area (Å²) in [5, 5.41) is 19.3. The second-order valence-corrected chi connectivity index (χ2v) is 11.5. The fraction of sp³-hybridized carbons (Fsp3) is 0.278. The van der Waals surface area contributed by atoms with Gasteiger partial charge >= 0.3 is 163 Å². The molecule has 2 aromatic carbocycles. The Balaban J connectivity index is 2.03. The maximum atomic E-state index is 9.68. The van der Waals surface area contributed by atoms with Crippen LogP contribution in [-0.2, 0) is 3.42 Å². The summed E-state index contributed by atoms with van der Waals surface area (Å²) in [6.07, 6.45) is 0. The van der Waals surface area contributed by atoms with Gasteiger partial charge in [0.2, 0.25) is 0 Å². The minimum atomic E-state index is -0.259. The summed E-state index contributed by atoms with van der Waals surface area (Å²) in [5.41, 5.74) is 8.79. The zero-order valence-corrected chi connectivity index (χ0v) is 17.4. The van der Waals surface area contributed by atoms with Gasteiger partial charge in [-0.3, -0.25) is 0 Å². The van der Waals surface area contributed by atoms with Gasteiger partial charge in [0.15, 0.2) is 0 Å². The topological polar surface area (TPSA) is 75.7 Å². The number of phenolic OH excluding ortho intramolecular Hbond substituents is 2. The first-order valence-corrected chi connectivity index (χ1v) is 13.2. The Morgan fingerprint density at radius 2 is 1.92 bits per heavy atom. The second kappa shape index (κ2) is 7.57. The molecule has 0 saturated carbocycles. The molecule has 0 aliphatic carbocycles. The molecule has 0 amide bonds. The second-order valence-electron chi connectivity index (χ2n) is 5.60. The van der Waals surface area contributed by atoms with Crippen molar-refractivity contribution in [1.82, 2.24) is 0 Å². The van der Waals surface area contributed by atoms with Gasteiger partial charge in [-0.05, 0) is 0 Å². The van der Waals surface area contributed by atoms with Crippen molar-refractivity contribution in [2.75, 3.05) is 15.5 Å². The Hall–Kier alpha value is -0.870. The van der Waals surface area contributed by atoms with Crippen LogP contribution in [-0.4, -0.2) is 30.2 Å². The molecule has 6 heteroatoms. The van der Waals surface area contributed by atoms with Crippen molar-refractivity contribution in [2.45, 2.75) is 9.46 Å². The molecule has 2 unspecified atom stereocenters. The Morgan fingerprint density at radius 1 is 1.21 bits per heavy atom. The molecular weight excluding hydrogens is 532 g/mol. The summed E-state index contributed by atoms with van der Waals surface area (Å²) in [6.45, 7) is 0.512. The van der Waals surface area contributed by atoms with Crippen molar-refractivity contribution in [3.8, 4) is 17.2 Å². The van der Waals surface area contributed by atoms with Crippen molar-refractivity contribution in [2.24, 2.45) is 5.73 Å². The molecule has 0 aromatic heterocycles. The van der Waals surface area contributed by atoms with E-state index in [0.29, 0.717) is 12.4 Å². The van der Waals surface area contributed by atoms with E-state index in [0.717, 1.165) is 11.1 Å². The van der Waals surface area contributed by atoms with E-state index in [4.69, 9.17) is 10.5 Å². The monoisotopic (exact) mass is 552 g/mol. The summed E-state index contributed by atoms with van der Waals surface area (Å²) < 4.78 is 12.2. The van der Waals surface area contributed by atoms with Crippen LogP contribution >= 0.6 is 20.7 Å². The van der Waals surface area contributed by atoms with Crippen molar-refractivity contribution >= 4 is 25.2 Å². The van der Waals surface area contributed by atoms with E-state index in [1.807, 2.05) is 18.2 Å². The van der Waals surface area contributed by atoms with Crippen LogP contribution in [0.3, 0.4) is 0 Å². The number of ether oxygens (including phenoxy) is 1.